The van der Waals surface area contributed by atoms with Crippen LogP contribution >= 0.6 is 0 Å². The Bertz CT molecular complexity index is 528. The summed E-state index contributed by atoms with van der Waals surface area (Å²) in [5.41, 5.74) is 0. The average molecular weight is 386 g/mol. The molecule has 0 aliphatic heterocycles. The second-order valence-corrected chi connectivity index (χ2v) is 3.32. The first kappa shape index (κ1) is 27.4. The number of hydrogen-bond donors (Lipinski definition) is 0. The molecule has 4 heteroatoms. The van der Waals surface area contributed by atoms with Crippen molar-refractivity contribution < 1.29 is 51.0 Å². The van der Waals surface area contributed by atoms with Gasteiger partial charge < -0.3 is 39.7 Å². The monoisotopic (exact) mass is 383 g/mol. The predicted molar refractivity (Wildman–Crippen MR) is 75.6 cm³/mol. The van der Waals surface area contributed by atoms with Gasteiger partial charge in [0.15, 0.2) is 0 Å². The maximum atomic E-state index is 2.24. The molecule has 4 radical (unpaired) electrons. The number of halogens is 2. The van der Waals surface area contributed by atoms with E-state index in [1.807, 2.05) is 0 Å². The van der Waals surface area contributed by atoms with Crippen molar-refractivity contribution in [2.75, 3.05) is 0 Å². The molecule has 0 bridgehead atoms. The van der Waals surface area contributed by atoms with Crippen LogP contribution < -0.4 is 24.8 Å². The van der Waals surface area contributed by atoms with Crippen molar-refractivity contribution in [3.63, 3.8) is 0 Å². The van der Waals surface area contributed by atoms with Crippen molar-refractivity contribution in [1.82, 2.24) is 0 Å². The van der Waals surface area contributed by atoms with Crippen LogP contribution in [0.15, 0.2) is 54.6 Å². The van der Waals surface area contributed by atoms with Crippen LogP contribution in [-0.4, -0.2) is 11.0 Å². The zero-order valence-corrected chi connectivity index (χ0v) is 15.9. The molecule has 0 spiro atoms. The van der Waals surface area contributed by atoms with Gasteiger partial charge in [0.1, 0.15) is 0 Å². The van der Waals surface area contributed by atoms with Gasteiger partial charge in [-0.2, -0.15) is 0 Å². The predicted octanol–water partition coefficient (Wildman–Crippen LogP) is -1.76. The van der Waals surface area contributed by atoms with E-state index in [2.05, 4.69) is 54.6 Å². The Hall–Kier alpha value is -0.01000. The van der Waals surface area contributed by atoms with Gasteiger partial charge in [-0.1, -0.05) is 36.4 Å². The van der Waals surface area contributed by atoms with E-state index in [1.54, 1.807) is 0 Å². The van der Waals surface area contributed by atoms with E-state index >= 15 is 0 Å². The smallest absolute Gasteiger partial charge is 1.00 e. The van der Waals surface area contributed by atoms with Crippen LogP contribution in [0.4, 0.5) is 0 Å². The molecule has 0 aromatic heterocycles. The molecule has 0 N–H and O–H groups in total. The fraction of sp³-hybridized carbons (Fsp3) is 0. The van der Waals surface area contributed by atoms with E-state index in [-0.39, 0.29) is 76.8 Å². The van der Waals surface area contributed by atoms with Crippen molar-refractivity contribution in [3.05, 3.63) is 69.5 Å². The molecule has 19 heavy (non-hydrogen) atoms. The molecule has 0 aliphatic rings. The summed E-state index contributed by atoms with van der Waals surface area (Å²) >= 11 is 0. The quantitative estimate of drug-likeness (QED) is 0.318. The minimum absolute atomic E-state index is 0. The van der Waals surface area contributed by atoms with Gasteiger partial charge in [-0.25, -0.2) is 0 Å². The van der Waals surface area contributed by atoms with Gasteiger partial charge >= 0.3 is 26.2 Å². The van der Waals surface area contributed by atoms with Crippen LogP contribution in [0.25, 0.3) is 21.5 Å². The zero-order chi connectivity index (χ0) is 8.67. The molecular formula is C15H15Cl2SiZr-3. The maximum absolute atomic E-state index is 2.24. The molecule has 100 valence electrons. The summed E-state index contributed by atoms with van der Waals surface area (Å²) in [6.45, 7) is 0. The molecule has 0 unspecified atom stereocenters. The Kier molecular flexibility index (Phi) is 17.0. The Balaban J connectivity index is -0.000000187. The molecular weight excluding hydrogens is 370 g/mol. The van der Waals surface area contributed by atoms with E-state index in [4.69, 9.17) is 0 Å². The van der Waals surface area contributed by atoms with Crippen molar-refractivity contribution in [2.45, 2.75) is 0 Å². The molecule has 0 heterocycles. The molecule has 0 saturated carbocycles. The topological polar surface area (TPSA) is 0 Å². The summed E-state index contributed by atoms with van der Waals surface area (Å²) in [6.07, 6.45) is 0. The van der Waals surface area contributed by atoms with Gasteiger partial charge in [0.05, 0.1) is 0 Å². The molecule has 3 aromatic rings. The molecule has 3 aromatic carbocycles. The summed E-state index contributed by atoms with van der Waals surface area (Å²) in [5.74, 6) is 0. The molecule has 0 atom stereocenters. The van der Waals surface area contributed by atoms with Crippen LogP contribution in [0.3, 0.4) is 0 Å². The third-order valence-electron chi connectivity index (χ3n) is 2.52. The number of fused-ring (bicyclic) bond motifs is 3. The molecule has 0 aliphatic carbocycles. The Morgan fingerprint density at radius 1 is 0.632 bits per heavy atom. The molecule has 0 saturated heterocycles. The summed E-state index contributed by atoms with van der Waals surface area (Å²) in [4.78, 5) is 0. The van der Waals surface area contributed by atoms with E-state index in [9.17, 15) is 0 Å². The van der Waals surface area contributed by atoms with Crippen molar-refractivity contribution in [1.29, 1.82) is 0 Å². The van der Waals surface area contributed by atoms with Crippen LogP contribution in [0.2, 0.25) is 0 Å². The fourth-order valence-corrected chi connectivity index (χ4v) is 1.90. The van der Waals surface area contributed by atoms with Gasteiger partial charge in [-0.15, -0.1) is 39.7 Å². The molecule has 3 rings (SSSR count). The molecule has 0 fully saturated rings. The Morgan fingerprint density at radius 2 is 0.947 bits per heavy atom. The molecule has 0 nitrogen and oxygen atoms in total. The summed E-state index contributed by atoms with van der Waals surface area (Å²) in [6, 6.07) is 19.3. The van der Waals surface area contributed by atoms with Crippen LogP contribution in [-0.2, 0) is 26.2 Å². The third-order valence-corrected chi connectivity index (χ3v) is 2.52. The second-order valence-electron chi connectivity index (χ2n) is 3.32. The molecule has 0 amide bonds. The summed E-state index contributed by atoms with van der Waals surface area (Å²) < 4.78 is 0. The van der Waals surface area contributed by atoms with Gasteiger partial charge in [-0.05, 0) is 0 Å². The van der Waals surface area contributed by atoms with Crippen molar-refractivity contribution in [2.24, 2.45) is 0 Å². The second kappa shape index (κ2) is 11.8. The third kappa shape index (κ3) is 5.11. The number of benzene rings is 2. The fourth-order valence-electron chi connectivity index (χ4n) is 1.90. The van der Waals surface area contributed by atoms with Gasteiger partial charge in [-0.3, -0.25) is 0 Å². The van der Waals surface area contributed by atoms with Gasteiger partial charge in [0, 0.05) is 11.0 Å². The minimum atomic E-state index is 0. The van der Waals surface area contributed by atoms with E-state index in [0.717, 1.165) is 0 Å². The van der Waals surface area contributed by atoms with E-state index in [0.29, 0.717) is 0 Å². The largest absolute Gasteiger partial charge is 2.00 e. The number of hydrogen-bond acceptors (Lipinski definition) is 0. The van der Waals surface area contributed by atoms with E-state index < -0.39 is 0 Å². The van der Waals surface area contributed by atoms with Crippen LogP contribution in [0, 0.1) is 14.9 Å². The SMILES string of the molecule is [CH3-].[CH3-].[Cl-].[Cl-].[Si].[Zr+2].c1ccc2c(c1)[cH-]c1ccccc12. The maximum Gasteiger partial charge on any atom is 2.00 e. The Morgan fingerprint density at radius 3 is 1.32 bits per heavy atom. The normalized spacial score (nSPS) is 7.58. The Labute approximate surface area is 152 Å². The first-order valence-electron chi connectivity index (χ1n) is 4.48. The summed E-state index contributed by atoms with van der Waals surface area (Å²) in [7, 11) is 0. The first-order chi connectivity index (χ1) is 6.45. The van der Waals surface area contributed by atoms with Crippen LogP contribution in [0.1, 0.15) is 0 Å². The zero-order valence-electron chi connectivity index (χ0n) is 11.0. The van der Waals surface area contributed by atoms with Crippen molar-refractivity contribution >= 4 is 32.5 Å². The van der Waals surface area contributed by atoms with Gasteiger partial charge in [0.25, 0.3) is 0 Å². The standard InChI is InChI=1S/C13H9.2CH3.2ClH.Si.Zr/c1-3-7-12-10(5-1)9-11-6-2-4-8-13(11)12;;;;;;/h1-9H;2*1H3;2*1H;;/q3*-1;;;;+2/p-2. The van der Waals surface area contributed by atoms with Gasteiger partial charge in [0.2, 0.25) is 0 Å². The number of rotatable bonds is 0. The van der Waals surface area contributed by atoms with Crippen molar-refractivity contribution in [3.8, 4) is 0 Å². The minimum Gasteiger partial charge on any atom is -1.00 e. The summed E-state index contributed by atoms with van der Waals surface area (Å²) in [5, 5.41) is 5.39. The first-order valence-corrected chi connectivity index (χ1v) is 4.48. The van der Waals surface area contributed by atoms with Crippen LogP contribution in [0.5, 0.6) is 0 Å². The average Bonchev–Trinajstić information content (AvgIpc) is 2.56. The van der Waals surface area contributed by atoms with E-state index in [1.165, 1.54) is 21.5 Å².